The van der Waals surface area contributed by atoms with E-state index in [4.69, 9.17) is 19.7 Å². The van der Waals surface area contributed by atoms with Crippen LogP contribution >= 0.6 is 0 Å². The van der Waals surface area contributed by atoms with E-state index in [1.54, 1.807) is 0 Å². The summed E-state index contributed by atoms with van der Waals surface area (Å²) in [5.41, 5.74) is 0. The van der Waals surface area contributed by atoms with E-state index in [9.17, 15) is 0 Å². The fourth-order valence-corrected chi connectivity index (χ4v) is 0.853. The van der Waals surface area contributed by atoms with Crippen LogP contribution in [0.25, 0.3) is 0 Å². The van der Waals surface area contributed by atoms with Crippen LogP contribution in [0.4, 0.5) is 0 Å². The molecule has 0 aliphatic rings. The molecule has 0 spiro atoms. The highest BCUT2D eigenvalue weighted by atomic mass is 16.7. The van der Waals surface area contributed by atoms with Crippen molar-refractivity contribution in [2.24, 2.45) is 0 Å². The van der Waals surface area contributed by atoms with Crippen molar-refractivity contribution in [2.45, 2.75) is 32.7 Å². The first-order chi connectivity index (χ1) is 5.74. The molecule has 12 heavy (non-hydrogen) atoms. The minimum Gasteiger partial charge on any atom is -0.394 e. The average Bonchev–Trinajstić information content (AvgIpc) is 2.05. The van der Waals surface area contributed by atoms with Crippen LogP contribution in [-0.4, -0.2) is 42.4 Å². The van der Waals surface area contributed by atoms with Crippen molar-refractivity contribution in [2.75, 3.05) is 19.8 Å². The zero-order chi connectivity index (χ0) is 9.40. The molecule has 0 bridgehead atoms. The summed E-state index contributed by atoms with van der Waals surface area (Å²) < 4.78 is 10.3. The maximum atomic E-state index is 9.07. The molecule has 0 fully saturated rings. The van der Waals surface area contributed by atoms with Gasteiger partial charge in [-0.1, -0.05) is 0 Å². The van der Waals surface area contributed by atoms with Crippen molar-refractivity contribution in [1.82, 2.24) is 0 Å². The maximum Gasteiger partial charge on any atom is 0.160 e. The van der Waals surface area contributed by atoms with Crippen LogP contribution in [0.15, 0.2) is 0 Å². The Hall–Kier alpha value is -0.160. The van der Waals surface area contributed by atoms with Gasteiger partial charge in [0.25, 0.3) is 0 Å². The largest absolute Gasteiger partial charge is 0.394 e. The fraction of sp³-hybridized carbons (Fsp3) is 1.00. The minimum atomic E-state index is -0.756. The molecule has 2 N–H and O–H groups in total. The van der Waals surface area contributed by atoms with Gasteiger partial charge in [-0.25, -0.2) is 0 Å². The Morgan fingerprint density at radius 1 is 1.17 bits per heavy atom. The van der Waals surface area contributed by atoms with Gasteiger partial charge < -0.3 is 19.7 Å². The van der Waals surface area contributed by atoms with E-state index in [1.807, 2.05) is 13.8 Å². The molecule has 0 saturated carbocycles. The van der Waals surface area contributed by atoms with Crippen molar-refractivity contribution in [1.29, 1.82) is 0 Å². The summed E-state index contributed by atoms with van der Waals surface area (Å²) in [4.78, 5) is 0. The first kappa shape index (κ1) is 11.8. The summed E-state index contributed by atoms with van der Waals surface area (Å²) in [6, 6.07) is 0. The number of ether oxygens (including phenoxy) is 2. The molecular formula is C8H18O4. The van der Waals surface area contributed by atoms with Crippen molar-refractivity contribution in [3.8, 4) is 0 Å². The Labute approximate surface area is 73.1 Å². The molecule has 0 aromatic rings. The molecule has 1 unspecified atom stereocenters. The highest BCUT2D eigenvalue weighted by molar-refractivity contribution is 4.55. The Kier molecular flexibility index (Phi) is 7.39. The van der Waals surface area contributed by atoms with Gasteiger partial charge in [-0.2, -0.15) is 0 Å². The maximum absolute atomic E-state index is 9.07. The van der Waals surface area contributed by atoms with E-state index in [2.05, 4.69) is 0 Å². The van der Waals surface area contributed by atoms with E-state index < -0.39 is 12.4 Å². The van der Waals surface area contributed by atoms with Crippen LogP contribution in [0.2, 0.25) is 0 Å². The number of hydrogen-bond donors (Lipinski definition) is 2. The van der Waals surface area contributed by atoms with Crippen molar-refractivity contribution >= 4 is 0 Å². The highest BCUT2D eigenvalue weighted by Crippen LogP contribution is 2.04. The summed E-state index contributed by atoms with van der Waals surface area (Å²) >= 11 is 0. The van der Waals surface area contributed by atoms with Crippen molar-refractivity contribution in [3.05, 3.63) is 0 Å². The lowest BCUT2D eigenvalue weighted by Gasteiger charge is -2.18. The van der Waals surface area contributed by atoms with Gasteiger partial charge in [-0.05, 0) is 13.8 Å². The van der Waals surface area contributed by atoms with Crippen LogP contribution in [0.5, 0.6) is 0 Å². The number of aliphatic hydroxyl groups is 2. The van der Waals surface area contributed by atoms with Gasteiger partial charge in [-0.15, -0.1) is 0 Å². The number of rotatable bonds is 7. The summed E-state index contributed by atoms with van der Waals surface area (Å²) in [6.07, 6.45) is -0.840. The van der Waals surface area contributed by atoms with Gasteiger partial charge in [0, 0.05) is 19.6 Å². The third-order valence-electron chi connectivity index (χ3n) is 1.38. The zero-order valence-electron chi connectivity index (χ0n) is 7.69. The first-order valence-electron chi connectivity index (χ1n) is 4.26. The van der Waals surface area contributed by atoms with Gasteiger partial charge in [0.2, 0.25) is 0 Å². The van der Waals surface area contributed by atoms with Gasteiger partial charge in [0.05, 0.1) is 12.7 Å². The van der Waals surface area contributed by atoms with Gasteiger partial charge in [0.15, 0.2) is 6.29 Å². The van der Waals surface area contributed by atoms with Gasteiger partial charge in [-0.3, -0.25) is 0 Å². The molecule has 0 radical (unpaired) electrons. The average molecular weight is 178 g/mol. The monoisotopic (exact) mass is 178 g/mol. The summed E-state index contributed by atoms with van der Waals surface area (Å²) in [5, 5.41) is 17.6. The lowest BCUT2D eigenvalue weighted by atomic mass is 10.2. The van der Waals surface area contributed by atoms with Crippen LogP contribution in [0, 0.1) is 0 Å². The number of hydrogen-bond acceptors (Lipinski definition) is 4. The summed E-state index contributed by atoms with van der Waals surface area (Å²) in [6.45, 7) is 4.55. The molecule has 0 saturated heterocycles. The molecule has 74 valence electrons. The van der Waals surface area contributed by atoms with Crippen LogP contribution < -0.4 is 0 Å². The van der Waals surface area contributed by atoms with E-state index in [1.165, 1.54) is 0 Å². The normalized spacial score (nSPS) is 13.8. The molecule has 0 rings (SSSR count). The van der Waals surface area contributed by atoms with E-state index >= 15 is 0 Å². The second-order valence-electron chi connectivity index (χ2n) is 2.41. The third-order valence-corrected chi connectivity index (χ3v) is 1.38. The van der Waals surface area contributed by atoms with Crippen LogP contribution in [0.3, 0.4) is 0 Å². The second-order valence-corrected chi connectivity index (χ2v) is 2.41. The van der Waals surface area contributed by atoms with Crippen molar-refractivity contribution < 1.29 is 19.7 Å². The lowest BCUT2D eigenvalue weighted by Crippen LogP contribution is -2.25. The molecule has 0 heterocycles. The van der Waals surface area contributed by atoms with Gasteiger partial charge in [0.1, 0.15) is 0 Å². The Bertz CT molecular complexity index is 91.1. The van der Waals surface area contributed by atoms with E-state index in [0.29, 0.717) is 19.6 Å². The molecule has 0 aromatic heterocycles. The van der Waals surface area contributed by atoms with Crippen molar-refractivity contribution in [3.63, 3.8) is 0 Å². The molecule has 0 amide bonds. The molecule has 0 aromatic carbocycles. The smallest absolute Gasteiger partial charge is 0.160 e. The molecule has 4 nitrogen and oxygen atoms in total. The third kappa shape index (κ3) is 5.49. The van der Waals surface area contributed by atoms with E-state index in [0.717, 1.165) is 0 Å². The topological polar surface area (TPSA) is 58.9 Å². The highest BCUT2D eigenvalue weighted by Gasteiger charge is 2.13. The second kappa shape index (κ2) is 7.49. The lowest BCUT2D eigenvalue weighted by molar-refractivity contribution is -0.155. The molecule has 4 heteroatoms. The first-order valence-corrected chi connectivity index (χ1v) is 4.26. The Morgan fingerprint density at radius 3 is 2.00 bits per heavy atom. The molecule has 0 aliphatic carbocycles. The number of aliphatic hydroxyl groups excluding tert-OH is 2. The zero-order valence-corrected chi connectivity index (χ0v) is 7.69. The Morgan fingerprint density at radius 2 is 1.67 bits per heavy atom. The SMILES string of the molecule is CCOC(CC(O)CO)OCC. The predicted molar refractivity (Wildman–Crippen MR) is 44.7 cm³/mol. The Balaban J connectivity index is 3.61. The molecule has 1 atom stereocenters. The fourth-order valence-electron chi connectivity index (χ4n) is 0.853. The summed E-state index contributed by atoms with van der Waals surface area (Å²) in [7, 11) is 0. The standard InChI is InChI=1S/C8H18O4/c1-3-11-8(12-4-2)5-7(10)6-9/h7-10H,3-6H2,1-2H3. The predicted octanol–water partition coefficient (Wildman–Crippen LogP) is 0.129. The quantitative estimate of drug-likeness (QED) is 0.544. The van der Waals surface area contributed by atoms with Gasteiger partial charge >= 0.3 is 0 Å². The molecular weight excluding hydrogens is 160 g/mol. The van der Waals surface area contributed by atoms with Crippen LogP contribution in [-0.2, 0) is 9.47 Å². The summed E-state index contributed by atoms with van der Waals surface area (Å²) in [5.74, 6) is 0. The van der Waals surface area contributed by atoms with E-state index in [-0.39, 0.29) is 6.61 Å². The minimum absolute atomic E-state index is 0.253. The molecule has 0 aliphatic heterocycles. The van der Waals surface area contributed by atoms with Crippen LogP contribution in [0.1, 0.15) is 20.3 Å².